The number of nitro groups is 1. The second-order valence-corrected chi connectivity index (χ2v) is 8.21. The van der Waals surface area contributed by atoms with Crippen LogP contribution in [0, 0.1) is 21.7 Å². The normalized spacial score (nSPS) is 10.9. The third-order valence-electron chi connectivity index (χ3n) is 4.85. The van der Waals surface area contributed by atoms with Crippen molar-refractivity contribution in [1.29, 1.82) is 0 Å². The summed E-state index contributed by atoms with van der Waals surface area (Å²) in [5.41, 5.74) is 2.20. The minimum Gasteiger partial charge on any atom is -0.382 e. The van der Waals surface area contributed by atoms with E-state index in [0.29, 0.717) is 17.0 Å². The van der Waals surface area contributed by atoms with Crippen molar-refractivity contribution in [3.8, 4) is 0 Å². The number of nitro benzene ring substituents is 1. The molecular formula is C24H19F2N3O2S. The molecule has 162 valence electrons. The molecule has 1 aromatic heterocycles. The first-order chi connectivity index (χ1) is 15.4. The molecule has 0 unspecified atom stereocenters. The molecule has 4 rings (SSSR count). The lowest BCUT2D eigenvalue weighted by molar-refractivity contribution is -0.387. The van der Waals surface area contributed by atoms with Gasteiger partial charge >= 0.3 is 0 Å². The number of rotatable bonds is 8. The number of nitrogens with one attached hydrogen (secondary N) is 1. The predicted octanol–water partition coefficient (Wildman–Crippen LogP) is 6.63. The van der Waals surface area contributed by atoms with Gasteiger partial charge in [0.1, 0.15) is 11.6 Å². The van der Waals surface area contributed by atoms with Gasteiger partial charge in [0.05, 0.1) is 15.3 Å². The molecule has 0 atom stereocenters. The van der Waals surface area contributed by atoms with Crippen LogP contribution >= 0.6 is 11.8 Å². The highest BCUT2D eigenvalue weighted by atomic mass is 32.2. The summed E-state index contributed by atoms with van der Waals surface area (Å²) in [4.78, 5) is 12.3. The maximum Gasteiger partial charge on any atom is 0.283 e. The summed E-state index contributed by atoms with van der Waals surface area (Å²) in [6.45, 7) is 4.53. The van der Waals surface area contributed by atoms with Crippen LogP contribution in [0.1, 0.15) is 5.56 Å². The second-order valence-electron chi connectivity index (χ2n) is 7.13. The Hall–Kier alpha value is -3.65. The molecule has 0 saturated carbocycles. The molecule has 0 fully saturated rings. The second kappa shape index (κ2) is 9.23. The Morgan fingerprint density at radius 3 is 2.53 bits per heavy atom. The topological polar surface area (TPSA) is 60.1 Å². The van der Waals surface area contributed by atoms with Gasteiger partial charge in [0, 0.05) is 47.4 Å². The molecule has 0 bridgehead atoms. The van der Waals surface area contributed by atoms with Gasteiger partial charge in [-0.05, 0) is 42.0 Å². The number of para-hydroxylation sites is 1. The minimum atomic E-state index is -0.640. The van der Waals surface area contributed by atoms with Crippen molar-refractivity contribution in [3.05, 3.63) is 107 Å². The highest BCUT2D eigenvalue weighted by Crippen LogP contribution is 2.40. The Bertz CT molecular complexity index is 1300. The molecule has 1 N–H and O–H groups in total. The van der Waals surface area contributed by atoms with Gasteiger partial charge < -0.3 is 9.88 Å². The number of benzene rings is 3. The molecule has 4 aromatic rings. The van der Waals surface area contributed by atoms with E-state index in [9.17, 15) is 18.9 Å². The van der Waals surface area contributed by atoms with Gasteiger partial charge in [0.2, 0.25) is 0 Å². The lowest BCUT2D eigenvalue weighted by Crippen LogP contribution is -2.01. The lowest BCUT2D eigenvalue weighted by Gasteiger charge is -2.08. The molecule has 0 saturated heterocycles. The standard InChI is InChI=1S/C24H19F2N3O2S/c1-2-9-27-19-7-8-20-22(13-19)28(14-16-10-17(25)12-18(26)11-16)15-24(20)32-23-6-4-3-5-21(23)29(30)31/h2-8,10-13,15,27H,1,9,14H2. The molecule has 8 heteroatoms. The van der Waals surface area contributed by atoms with Crippen molar-refractivity contribution >= 4 is 34.0 Å². The van der Waals surface area contributed by atoms with Gasteiger partial charge in [-0.25, -0.2) is 8.78 Å². The SMILES string of the molecule is C=CCNc1ccc2c(Sc3ccccc3[N+](=O)[O-])cn(Cc3cc(F)cc(F)c3)c2c1. The first kappa shape index (κ1) is 21.6. The number of fused-ring (bicyclic) bond motifs is 1. The van der Waals surface area contributed by atoms with Gasteiger partial charge in [-0.3, -0.25) is 10.1 Å². The number of hydrogen-bond acceptors (Lipinski definition) is 4. The molecule has 0 aliphatic heterocycles. The summed E-state index contributed by atoms with van der Waals surface area (Å²) >= 11 is 1.29. The van der Waals surface area contributed by atoms with Gasteiger partial charge in [0.25, 0.3) is 5.69 Å². The fourth-order valence-corrected chi connectivity index (χ4v) is 4.58. The van der Waals surface area contributed by atoms with E-state index in [-0.39, 0.29) is 12.2 Å². The number of nitrogens with zero attached hydrogens (tertiary/aromatic N) is 2. The fraction of sp³-hybridized carbons (Fsp3) is 0.0833. The van der Waals surface area contributed by atoms with E-state index in [2.05, 4.69) is 11.9 Å². The predicted molar refractivity (Wildman–Crippen MR) is 123 cm³/mol. The maximum atomic E-state index is 13.7. The Balaban J connectivity index is 1.79. The van der Waals surface area contributed by atoms with E-state index < -0.39 is 16.6 Å². The number of aromatic nitrogens is 1. The molecule has 0 aliphatic rings. The molecule has 3 aromatic carbocycles. The van der Waals surface area contributed by atoms with Gasteiger partial charge in [-0.15, -0.1) is 6.58 Å². The maximum absolute atomic E-state index is 13.7. The fourth-order valence-electron chi connectivity index (χ4n) is 3.48. The highest BCUT2D eigenvalue weighted by molar-refractivity contribution is 7.99. The number of anilines is 1. The van der Waals surface area contributed by atoms with E-state index in [4.69, 9.17) is 0 Å². The molecular weight excluding hydrogens is 432 g/mol. The third-order valence-corrected chi connectivity index (χ3v) is 5.96. The van der Waals surface area contributed by atoms with E-state index in [1.807, 2.05) is 29.0 Å². The zero-order valence-corrected chi connectivity index (χ0v) is 17.7. The summed E-state index contributed by atoms with van der Waals surface area (Å²) in [7, 11) is 0. The molecule has 0 radical (unpaired) electrons. The minimum absolute atomic E-state index is 0.0230. The average Bonchev–Trinajstić information content (AvgIpc) is 3.08. The van der Waals surface area contributed by atoms with Gasteiger partial charge in [-0.1, -0.05) is 30.0 Å². The van der Waals surface area contributed by atoms with Crippen molar-refractivity contribution < 1.29 is 13.7 Å². The van der Waals surface area contributed by atoms with Crippen LogP contribution in [0.2, 0.25) is 0 Å². The Morgan fingerprint density at radius 1 is 1.06 bits per heavy atom. The Labute approximate surface area is 187 Å². The quantitative estimate of drug-likeness (QED) is 0.186. The monoisotopic (exact) mass is 451 g/mol. The van der Waals surface area contributed by atoms with Crippen LogP contribution in [0.15, 0.2) is 89.3 Å². The van der Waals surface area contributed by atoms with Crippen LogP contribution in [-0.2, 0) is 6.54 Å². The van der Waals surface area contributed by atoms with E-state index in [1.165, 1.54) is 30.0 Å². The number of hydrogen-bond donors (Lipinski definition) is 1. The van der Waals surface area contributed by atoms with Crippen LogP contribution < -0.4 is 5.32 Å². The van der Waals surface area contributed by atoms with Crippen molar-refractivity contribution in [2.45, 2.75) is 16.3 Å². The zero-order valence-electron chi connectivity index (χ0n) is 16.9. The first-order valence-corrected chi connectivity index (χ1v) is 10.6. The Morgan fingerprint density at radius 2 is 1.81 bits per heavy atom. The smallest absolute Gasteiger partial charge is 0.283 e. The third kappa shape index (κ3) is 4.65. The Kier molecular flexibility index (Phi) is 6.23. The van der Waals surface area contributed by atoms with E-state index >= 15 is 0 Å². The number of halogens is 2. The van der Waals surface area contributed by atoms with Crippen LogP contribution in [0.25, 0.3) is 10.9 Å². The molecule has 0 spiro atoms. The van der Waals surface area contributed by atoms with E-state index in [0.717, 1.165) is 27.6 Å². The summed E-state index contributed by atoms with van der Waals surface area (Å²) < 4.78 is 29.3. The van der Waals surface area contributed by atoms with Crippen molar-refractivity contribution in [2.24, 2.45) is 0 Å². The van der Waals surface area contributed by atoms with Gasteiger partial charge in [0.15, 0.2) is 0 Å². The van der Waals surface area contributed by atoms with Crippen LogP contribution in [0.3, 0.4) is 0 Å². The molecule has 5 nitrogen and oxygen atoms in total. The average molecular weight is 451 g/mol. The largest absolute Gasteiger partial charge is 0.382 e. The van der Waals surface area contributed by atoms with Crippen LogP contribution in [0.5, 0.6) is 0 Å². The molecule has 1 heterocycles. The van der Waals surface area contributed by atoms with Crippen molar-refractivity contribution in [1.82, 2.24) is 4.57 Å². The van der Waals surface area contributed by atoms with Crippen LogP contribution in [-0.4, -0.2) is 16.0 Å². The summed E-state index contributed by atoms with van der Waals surface area (Å²) in [6.07, 6.45) is 3.60. The van der Waals surface area contributed by atoms with Crippen molar-refractivity contribution in [2.75, 3.05) is 11.9 Å². The molecule has 0 aliphatic carbocycles. The summed E-state index contributed by atoms with van der Waals surface area (Å²) in [5.74, 6) is -1.28. The molecule has 32 heavy (non-hydrogen) atoms. The van der Waals surface area contributed by atoms with Gasteiger partial charge in [-0.2, -0.15) is 0 Å². The summed E-state index contributed by atoms with van der Waals surface area (Å²) in [5, 5.41) is 15.5. The highest BCUT2D eigenvalue weighted by Gasteiger charge is 2.17. The lowest BCUT2D eigenvalue weighted by atomic mass is 10.2. The summed E-state index contributed by atoms with van der Waals surface area (Å²) in [6, 6.07) is 15.8. The van der Waals surface area contributed by atoms with Crippen molar-refractivity contribution in [3.63, 3.8) is 0 Å². The van der Waals surface area contributed by atoms with Crippen LogP contribution in [0.4, 0.5) is 20.2 Å². The zero-order chi connectivity index (χ0) is 22.7. The van der Waals surface area contributed by atoms with E-state index in [1.54, 1.807) is 24.3 Å². The molecule has 0 amide bonds. The first-order valence-electron chi connectivity index (χ1n) is 9.78.